The van der Waals surface area contributed by atoms with Gasteiger partial charge in [-0.15, -0.1) is 24.0 Å². The molecule has 0 aliphatic rings. The van der Waals surface area contributed by atoms with Crippen molar-refractivity contribution in [2.45, 2.75) is 46.1 Å². The van der Waals surface area contributed by atoms with Gasteiger partial charge in [0.1, 0.15) is 6.54 Å². The zero-order valence-corrected chi connectivity index (χ0v) is 20.2. The first-order valence-electron chi connectivity index (χ1n) is 9.33. The van der Waals surface area contributed by atoms with E-state index in [0.717, 1.165) is 37.4 Å². The summed E-state index contributed by atoms with van der Waals surface area (Å²) < 4.78 is 10.6. The molecule has 3 N–H and O–H groups in total. The Morgan fingerprint density at radius 3 is 2.36 bits per heavy atom. The zero-order chi connectivity index (χ0) is 20.3. The van der Waals surface area contributed by atoms with Gasteiger partial charge in [0.15, 0.2) is 17.5 Å². The molecule has 0 unspecified atom stereocenters. The predicted molar refractivity (Wildman–Crippen MR) is 125 cm³/mol. The van der Waals surface area contributed by atoms with Crippen LogP contribution in [0.3, 0.4) is 0 Å². The Kier molecular flexibility index (Phi) is 12.6. The lowest BCUT2D eigenvalue weighted by molar-refractivity contribution is -0.121. The molecule has 0 atom stereocenters. The lowest BCUT2D eigenvalue weighted by Gasteiger charge is -2.20. The third-order valence-corrected chi connectivity index (χ3v) is 3.62. The Bertz CT molecular complexity index is 630. The molecule has 28 heavy (non-hydrogen) atoms. The third kappa shape index (κ3) is 10.6. The molecule has 0 bridgehead atoms. The number of amides is 1. The Hall–Kier alpha value is -1.71. The van der Waals surface area contributed by atoms with Gasteiger partial charge in [0.05, 0.1) is 14.2 Å². The number of benzene rings is 1. The highest BCUT2D eigenvalue weighted by molar-refractivity contribution is 14.0. The van der Waals surface area contributed by atoms with Crippen molar-refractivity contribution in [1.29, 1.82) is 0 Å². The molecular formula is C20H35IN4O3. The molecule has 0 fully saturated rings. The molecule has 0 saturated heterocycles. The van der Waals surface area contributed by atoms with Crippen LogP contribution in [-0.4, -0.2) is 51.3 Å². The molecule has 0 saturated carbocycles. The normalized spacial score (nSPS) is 11.3. The molecule has 7 nitrogen and oxygen atoms in total. The standard InChI is InChI=1S/C20H34N4O3.HI/c1-7-21-19(23-14-18(25)24-20(2,3)4)22-12-8-9-15-10-11-16(26-5)17(13-15)27-6;/h10-11,13H,7-9,12,14H2,1-6H3,(H,24,25)(H2,21,22,23);1H. The topological polar surface area (TPSA) is 84.0 Å². The molecule has 1 amide bonds. The van der Waals surface area contributed by atoms with Crippen LogP contribution in [0.5, 0.6) is 11.5 Å². The number of guanidine groups is 1. The van der Waals surface area contributed by atoms with E-state index in [1.165, 1.54) is 5.56 Å². The number of aliphatic imine (C=N–C) groups is 1. The summed E-state index contributed by atoms with van der Waals surface area (Å²) >= 11 is 0. The number of methoxy groups -OCH3 is 2. The summed E-state index contributed by atoms with van der Waals surface area (Å²) in [5, 5.41) is 9.32. The van der Waals surface area contributed by atoms with Gasteiger partial charge in [-0.25, -0.2) is 4.99 Å². The number of nitrogens with zero attached hydrogens (tertiary/aromatic N) is 1. The summed E-state index contributed by atoms with van der Waals surface area (Å²) in [7, 11) is 3.27. The number of carbonyl (C=O) groups is 1. The Morgan fingerprint density at radius 2 is 1.79 bits per heavy atom. The van der Waals surface area contributed by atoms with E-state index in [2.05, 4.69) is 20.9 Å². The Morgan fingerprint density at radius 1 is 1.11 bits per heavy atom. The van der Waals surface area contributed by atoms with Gasteiger partial charge in [-0.3, -0.25) is 4.79 Å². The van der Waals surface area contributed by atoms with Crippen molar-refractivity contribution in [3.8, 4) is 11.5 Å². The SMILES string of the molecule is CCNC(=NCC(=O)NC(C)(C)C)NCCCc1ccc(OC)c(OC)c1.I. The summed E-state index contributed by atoms with van der Waals surface area (Å²) in [5.74, 6) is 2.02. The first-order chi connectivity index (χ1) is 12.8. The molecule has 1 rings (SSSR count). The number of ether oxygens (including phenoxy) is 2. The summed E-state index contributed by atoms with van der Waals surface area (Å²) in [6.07, 6.45) is 1.82. The molecule has 160 valence electrons. The molecule has 0 heterocycles. The number of rotatable bonds is 9. The Labute approximate surface area is 186 Å². The van der Waals surface area contributed by atoms with Crippen LogP contribution >= 0.6 is 24.0 Å². The van der Waals surface area contributed by atoms with Gasteiger partial charge in [0.2, 0.25) is 5.91 Å². The molecule has 0 aromatic heterocycles. The van der Waals surface area contributed by atoms with Gasteiger partial charge in [-0.05, 0) is 58.2 Å². The van der Waals surface area contributed by atoms with Crippen molar-refractivity contribution >= 4 is 35.8 Å². The molecule has 0 aliphatic carbocycles. The fraction of sp³-hybridized carbons (Fsp3) is 0.600. The summed E-state index contributed by atoms with van der Waals surface area (Å²) in [4.78, 5) is 16.2. The van der Waals surface area contributed by atoms with Crippen LogP contribution in [0.4, 0.5) is 0 Å². The van der Waals surface area contributed by atoms with Crippen LogP contribution in [0, 0.1) is 0 Å². The predicted octanol–water partition coefficient (Wildman–Crippen LogP) is 2.72. The lowest BCUT2D eigenvalue weighted by atomic mass is 10.1. The molecule has 0 aliphatic heterocycles. The van der Waals surface area contributed by atoms with Crippen molar-refractivity contribution in [3.05, 3.63) is 23.8 Å². The number of nitrogens with one attached hydrogen (secondary N) is 3. The van der Waals surface area contributed by atoms with Crippen molar-refractivity contribution in [1.82, 2.24) is 16.0 Å². The molecule has 8 heteroatoms. The van der Waals surface area contributed by atoms with Crippen LogP contribution < -0.4 is 25.4 Å². The third-order valence-electron chi connectivity index (χ3n) is 3.62. The number of hydrogen-bond acceptors (Lipinski definition) is 4. The van der Waals surface area contributed by atoms with Gasteiger partial charge in [0, 0.05) is 18.6 Å². The van der Waals surface area contributed by atoms with Gasteiger partial charge in [-0.2, -0.15) is 0 Å². The zero-order valence-electron chi connectivity index (χ0n) is 17.8. The lowest BCUT2D eigenvalue weighted by Crippen LogP contribution is -2.43. The highest BCUT2D eigenvalue weighted by Crippen LogP contribution is 2.27. The second-order valence-electron chi connectivity index (χ2n) is 7.21. The molecule has 0 radical (unpaired) electrons. The van der Waals surface area contributed by atoms with Gasteiger partial charge in [0.25, 0.3) is 0 Å². The summed E-state index contributed by atoms with van der Waals surface area (Å²) in [5.41, 5.74) is 0.929. The van der Waals surface area contributed by atoms with E-state index in [-0.39, 0.29) is 42.0 Å². The minimum atomic E-state index is -0.252. The minimum Gasteiger partial charge on any atom is -0.493 e. The quantitative estimate of drug-likeness (QED) is 0.208. The van der Waals surface area contributed by atoms with Crippen LogP contribution in [0.2, 0.25) is 0 Å². The highest BCUT2D eigenvalue weighted by atomic mass is 127. The van der Waals surface area contributed by atoms with Crippen LogP contribution in [0.1, 0.15) is 39.7 Å². The molecule has 1 aromatic carbocycles. The van der Waals surface area contributed by atoms with Crippen LogP contribution in [-0.2, 0) is 11.2 Å². The van der Waals surface area contributed by atoms with E-state index in [0.29, 0.717) is 5.96 Å². The van der Waals surface area contributed by atoms with Gasteiger partial charge < -0.3 is 25.4 Å². The smallest absolute Gasteiger partial charge is 0.242 e. The first kappa shape index (κ1) is 26.3. The van der Waals surface area contributed by atoms with Crippen molar-refractivity contribution in [2.75, 3.05) is 33.9 Å². The van der Waals surface area contributed by atoms with E-state index in [4.69, 9.17) is 9.47 Å². The van der Waals surface area contributed by atoms with E-state index >= 15 is 0 Å². The fourth-order valence-electron chi connectivity index (χ4n) is 2.49. The number of hydrogen-bond donors (Lipinski definition) is 3. The number of halogens is 1. The fourth-order valence-corrected chi connectivity index (χ4v) is 2.49. The van der Waals surface area contributed by atoms with E-state index in [1.54, 1.807) is 14.2 Å². The van der Waals surface area contributed by atoms with E-state index in [1.807, 2.05) is 45.9 Å². The van der Waals surface area contributed by atoms with Crippen molar-refractivity contribution in [2.24, 2.45) is 4.99 Å². The average Bonchev–Trinajstić information content (AvgIpc) is 2.61. The van der Waals surface area contributed by atoms with Crippen molar-refractivity contribution in [3.63, 3.8) is 0 Å². The highest BCUT2D eigenvalue weighted by Gasteiger charge is 2.13. The monoisotopic (exact) mass is 506 g/mol. The maximum absolute atomic E-state index is 11.9. The van der Waals surface area contributed by atoms with E-state index in [9.17, 15) is 4.79 Å². The maximum Gasteiger partial charge on any atom is 0.242 e. The number of carbonyl (C=O) groups excluding carboxylic acids is 1. The minimum absolute atomic E-state index is 0. The largest absolute Gasteiger partial charge is 0.493 e. The van der Waals surface area contributed by atoms with Gasteiger partial charge >= 0.3 is 0 Å². The second kappa shape index (κ2) is 13.5. The summed E-state index contributed by atoms with van der Waals surface area (Å²) in [6.45, 7) is 9.44. The molecule has 0 spiro atoms. The van der Waals surface area contributed by atoms with Gasteiger partial charge in [-0.1, -0.05) is 6.07 Å². The van der Waals surface area contributed by atoms with Crippen molar-refractivity contribution < 1.29 is 14.3 Å². The average molecular weight is 506 g/mol. The molecular weight excluding hydrogens is 471 g/mol. The maximum atomic E-state index is 11.9. The molecule has 1 aromatic rings. The number of aryl methyl sites for hydroxylation is 1. The van der Waals surface area contributed by atoms with E-state index < -0.39 is 0 Å². The van der Waals surface area contributed by atoms with Crippen LogP contribution in [0.25, 0.3) is 0 Å². The summed E-state index contributed by atoms with van der Waals surface area (Å²) in [6, 6.07) is 5.95. The second-order valence-corrected chi connectivity index (χ2v) is 7.21. The Balaban J connectivity index is 0.00000729. The first-order valence-corrected chi connectivity index (χ1v) is 9.33. The van der Waals surface area contributed by atoms with Crippen LogP contribution in [0.15, 0.2) is 23.2 Å².